The minimum Gasteiger partial charge on any atom is -0.378 e. The van der Waals surface area contributed by atoms with Gasteiger partial charge >= 0.3 is 0 Å². The topological polar surface area (TPSA) is 79.7 Å². The molecule has 3 heterocycles. The zero-order chi connectivity index (χ0) is 15.5. The van der Waals surface area contributed by atoms with Gasteiger partial charge in [-0.1, -0.05) is 0 Å². The van der Waals surface area contributed by atoms with Gasteiger partial charge in [0.15, 0.2) is 0 Å². The Labute approximate surface area is 129 Å². The van der Waals surface area contributed by atoms with Crippen molar-refractivity contribution in [3.05, 3.63) is 12.4 Å². The molecule has 2 saturated heterocycles. The van der Waals surface area contributed by atoms with Crippen LogP contribution in [-0.2, 0) is 21.4 Å². The molecule has 2 amide bonds. The van der Waals surface area contributed by atoms with Crippen LogP contribution >= 0.6 is 0 Å². The van der Waals surface area contributed by atoms with Gasteiger partial charge in [0.25, 0.3) is 0 Å². The van der Waals surface area contributed by atoms with Crippen molar-refractivity contribution in [1.29, 1.82) is 0 Å². The predicted octanol–water partition coefficient (Wildman–Crippen LogP) is -1.03. The number of piperazine rings is 1. The molecule has 1 atom stereocenters. The number of carbonyl (C=O) groups is 2. The van der Waals surface area contributed by atoms with Gasteiger partial charge in [0.1, 0.15) is 6.54 Å². The zero-order valence-corrected chi connectivity index (χ0v) is 12.7. The van der Waals surface area contributed by atoms with Gasteiger partial charge in [-0.25, -0.2) is 0 Å². The van der Waals surface area contributed by atoms with Gasteiger partial charge in [0.05, 0.1) is 25.1 Å². The molecule has 22 heavy (non-hydrogen) atoms. The van der Waals surface area contributed by atoms with Crippen LogP contribution in [-0.4, -0.2) is 71.9 Å². The summed E-state index contributed by atoms with van der Waals surface area (Å²) in [7, 11) is 1.81. The van der Waals surface area contributed by atoms with Crippen LogP contribution in [0.1, 0.15) is 6.42 Å². The number of hydrogen-bond acceptors (Lipinski definition) is 5. The summed E-state index contributed by atoms with van der Waals surface area (Å²) in [6.45, 7) is 3.19. The first-order valence-electron chi connectivity index (χ1n) is 7.51. The van der Waals surface area contributed by atoms with E-state index >= 15 is 0 Å². The number of carbonyl (C=O) groups excluding carboxylic acids is 2. The number of morpholine rings is 1. The molecule has 1 N–H and O–H groups in total. The molecule has 0 radical (unpaired) electrons. The molecule has 8 heteroatoms. The molecule has 2 fully saturated rings. The maximum absolute atomic E-state index is 12.3. The van der Waals surface area contributed by atoms with Crippen molar-refractivity contribution < 1.29 is 14.3 Å². The first kappa shape index (κ1) is 15.0. The number of nitrogens with one attached hydrogen (secondary N) is 1. The molecule has 0 spiro atoms. The first-order valence-corrected chi connectivity index (χ1v) is 7.51. The summed E-state index contributed by atoms with van der Waals surface area (Å²) in [6.07, 6.45) is 3.84. The molecule has 3 rings (SSSR count). The largest absolute Gasteiger partial charge is 0.378 e. The van der Waals surface area contributed by atoms with Crippen LogP contribution in [0.2, 0.25) is 0 Å². The number of amides is 2. The van der Waals surface area contributed by atoms with Gasteiger partial charge in [-0.2, -0.15) is 5.10 Å². The smallest absolute Gasteiger partial charge is 0.246 e. The number of hydrogen-bond donors (Lipinski definition) is 1. The Kier molecular flexibility index (Phi) is 4.39. The number of anilines is 1. The van der Waals surface area contributed by atoms with Crippen molar-refractivity contribution in [1.82, 2.24) is 20.0 Å². The van der Waals surface area contributed by atoms with E-state index in [2.05, 4.69) is 10.4 Å². The predicted molar refractivity (Wildman–Crippen MR) is 79.4 cm³/mol. The summed E-state index contributed by atoms with van der Waals surface area (Å²) >= 11 is 0. The number of ether oxygens (including phenoxy) is 1. The van der Waals surface area contributed by atoms with Crippen molar-refractivity contribution in [2.45, 2.75) is 12.5 Å². The molecule has 8 nitrogen and oxygen atoms in total. The fourth-order valence-corrected chi connectivity index (χ4v) is 2.80. The third-order valence-corrected chi connectivity index (χ3v) is 4.00. The van der Waals surface area contributed by atoms with E-state index in [-0.39, 0.29) is 24.4 Å². The second-order valence-electron chi connectivity index (χ2n) is 5.66. The van der Waals surface area contributed by atoms with Gasteiger partial charge in [0.2, 0.25) is 11.8 Å². The van der Waals surface area contributed by atoms with E-state index in [1.165, 1.54) is 0 Å². The van der Waals surface area contributed by atoms with Crippen molar-refractivity contribution in [3.63, 3.8) is 0 Å². The number of aromatic nitrogens is 2. The molecule has 0 bridgehead atoms. The Morgan fingerprint density at radius 1 is 1.50 bits per heavy atom. The minimum atomic E-state index is -0.0690. The van der Waals surface area contributed by atoms with E-state index in [4.69, 9.17) is 4.74 Å². The zero-order valence-electron chi connectivity index (χ0n) is 12.7. The van der Waals surface area contributed by atoms with Crippen LogP contribution in [0.3, 0.4) is 0 Å². The highest BCUT2D eigenvalue weighted by atomic mass is 16.5. The highest BCUT2D eigenvalue weighted by molar-refractivity contribution is 5.97. The highest BCUT2D eigenvalue weighted by Gasteiger charge is 2.30. The molecule has 2 aliphatic rings. The molecule has 1 aromatic heterocycles. The van der Waals surface area contributed by atoms with Gasteiger partial charge in [0, 0.05) is 45.3 Å². The molecule has 120 valence electrons. The lowest BCUT2D eigenvalue weighted by Gasteiger charge is -2.34. The molecule has 0 aromatic carbocycles. The Morgan fingerprint density at radius 2 is 2.36 bits per heavy atom. The summed E-state index contributed by atoms with van der Waals surface area (Å²) in [5, 5.41) is 7.34. The van der Waals surface area contributed by atoms with Crippen LogP contribution < -0.4 is 10.2 Å². The van der Waals surface area contributed by atoms with E-state index in [0.29, 0.717) is 32.7 Å². The average molecular weight is 307 g/mol. The van der Waals surface area contributed by atoms with E-state index in [0.717, 1.165) is 12.2 Å². The third-order valence-electron chi connectivity index (χ3n) is 4.00. The van der Waals surface area contributed by atoms with Crippen molar-refractivity contribution in [3.8, 4) is 0 Å². The summed E-state index contributed by atoms with van der Waals surface area (Å²) in [5.74, 6) is -0.0670. The van der Waals surface area contributed by atoms with Crippen molar-refractivity contribution in [2.75, 3.05) is 44.3 Å². The van der Waals surface area contributed by atoms with Crippen LogP contribution in [0.4, 0.5) is 5.69 Å². The van der Waals surface area contributed by atoms with Gasteiger partial charge in [-0.15, -0.1) is 0 Å². The molecule has 0 saturated carbocycles. The molecule has 1 unspecified atom stereocenters. The van der Waals surface area contributed by atoms with Gasteiger partial charge < -0.3 is 19.9 Å². The standard InChI is InChI=1S/C14H21N5O3/c1-17-8-12(7-16-17)19-4-3-18(9-14(19)21)13(20)6-11-10-22-5-2-15-11/h7-8,11,15H,2-6,9-10H2,1H3. The lowest BCUT2D eigenvalue weighted by atomic mass is 10.1. The van der Waals surface area contributed by atoms with Crippen molar-refractivity contribution in [2.24, 2.45) is 7.05 Å². The maximum atomic E-state index is 12.3. The summed E-state index contributed by atoms with van der Waals surface area (Å²) < 4.78 is 7.01. The minimum absolute atomic E-state index is 0.00202. The quantitative estimate of drug-likeness (QED) is 0.773. The van der Waals surface area contributed by atoms with Crippen LogP contribution in [0.25, 0.3) is 0 Å². The molecule has 1 aromatic rings. The van der Waals surface area contributed by atoms with Crippen molar-refractivity contribution >= 4 is 17.5 Å². The Balaban J connectivity index is 1.55. The van der Waals surface area contributed by atoms with E-state index < -0.39 is 0 Å². The Morgan fingerprint density at radius 3 is 3.00 bits per heavy atom. The van der Waals surface area contributed by atoms with E-state index in [1.807, 2.05) is 7.05 Å². The maximum Gasteiger partial charge on any atom is 0.246 e. The van der Waals surface area contributed by atoms with Crippen LogP contribution in [0.15, 0.2) is 12.4 Å². The van der Waals surface area contributed by atoms with Crippen LogP contribution in [0.5, 0.6) is 0 Å². The number of nitrogens with zero attached hydrogens (tertiary/aromatic N) is 4. The number of aryl methyl sites for hydroxylation is 1. The Bertz CT molecular complexity index is 552. The Hall–Kier alpha value is -1.93. The molecule has 0 aliphatic carbocycles. The lowest BCUT2D eigenvalue weighted by molar-refractivity contribution is -0.137. The fourth-order valence-electron chi connectivity index (χ4n) is 2.80. The van der Waals surface area contributed by atoms with Gasteiger partial charge in [-0.05, 0) is 0 Å². The monoisotopic (exact) mass is 307 g/mol. The molecule has 2 aliphatic heterocycles. The third kappa shape index (κ3) is 3.28. The molecular weight excluding hydrogens is 286 g/mol. The first-order chi connectivity index (χ1) is 10.6. The SMILES string of the molecule is Cn1cc(N2CCN(C(=O)CC3COCCN3)CC2=O)cn1. The van der Waals surface area contributed by atoms with E-state index in [1.54, 1.807) is 26.9 Å². The molecular formula is C14H21N5O3. The summed E-state index contributed by atoms with van der Waals surface area (Å²) in [6, 6.07) is 0.0488. The summed E-state index contributed by atoms with van der Waals surface area (Å²) in [5.41, 5.74) is 0.780. The van der Waals surface area contributed by atoms with Gasteiger partial charge in [-0.3, -0.25) is 14.3 Å². The second-order valence-corrected chi connectivity index (χ2v) is 5.66. The lowest BCUT2D eigenvalue weighted by Crippen LogP contribution is -2.54. The normalized spacial score (nSPS) is 23.0. The van der Waals surface area contributed by atoms with Crippen LogP contribution in [0, 0.1) is 0 Å². The summed E-state index contributed by atoms with van der Waals surface area (Å²) in [4.78, 5) is 27.9. The second kappa shape index (κ2) is 6.45. The number of rotatable bonds is 3. The van der Waals surface area contributed by atoms with E-state index in [9.17, 15) is 9.59 Å². The fraction of sp³-hybridized carbons (Fsp3) is 0.643. The highest BCUT2D eigenvalue weighted by Crippen LogP contribution is 2.16. The average Bonchev–Trinajstić information content (AvgIpc) is 2.94.